The summed E-state index contributed by atoms with van der Waals surface area (Å²) >= 11 is 3.47. The van der Waals surface area contributed by atoms with E-state index in [1.807, 2.05) is 18.2 Å². The Morgan fingerprint density at radius 3 is 2.56 bits per heavy atom. The molecule has 0 spiro atoms. The van der Waals surface area contributed by atoms with Gasteiger partial charge in [-0.3, -0.25) is 0 Å². The molecule has 1 aromatic rings. The molecule has 0 fully saturated rings. The van der Waals surface area contributed by atoms with Crippen molar-refractivity contribution in [3.63, 3.8) is 0 Å². The van der Waals surface area contributed by atoms with Crippen LogP contribution in [0.5, 0.6) is 11.5 Å². The molecule has 18 heavy (non-hydrogen) atoms. The minimum atomic E-state index is 0.507. The van der Waals surface area contributed by atoms with Crippen molar-refractivity contribution in [3.8, 4) is 11.5 Å². The lowest BCUT2D eigenvalue weighted by Gasteiger charge is -2.17. The standard InChI is InChI=1S/C14H22BrNO2/c1-10(2)11(3)16-7-8-18-14-6-5-12(17-4)9-13(14)15/h5-6,9-11,16H,7-8H2,1-4H3. The largest absolute Gasteiger partial charge is 0.497 e. The van der Waals surface area contributed by atoms with Gasteiger partial charge in [0.25, 0.3) is 0 Å². The average Bonchev–Trinajstić information content (AvgIpc) is 2.35. The molecular formula is C14H22BrNO2. The summed E-state index contributed by atoms with van der Waals surface area (Å²) in [6.45, 7) is 8.10. The Labute approximate surface area is 118 Å². The molecule has 0 saturated carbocycles. The van der Waals surface area contributed by atoms with Crippen molar-refractivity contribution in [2.75, 3.05) is 20.3 Å². The van der Waals surface area contributed by atoms with Gasteiger partial charge in [0.2, 0.25) is 0 Å². The Morgan fingerprint density at radius 2 is 2.00 bits per heavy atom. The average molecular weight is 316 g/mol. The minimum absolute atomic E-state index is 0.507. The summed E-state index contributed by atoms with van der Waals surface area (Å²) in [5, 5.41) is 3.43. The monoisotopic (exact) mass is 315 g/mol. The maximum absolute atomic E-state index is 5.70. The highest BCUT2D eigenvalue weighted by Gasteiger charge is 2.06. The Kier molecular flexibility index (Phi) is 6.50. The lowest BCUT2D eigenvalue weighted by Crippen LogP contribution is -2.33. The third kappa shape index (κ3) is 4.86. The molecule has 0 saturated heterocycles. The molecule has 0 aliphatic carbocycles. The normalized spacial score (nSPS) is 12.6. The Hall–Kier alpha value is -0.740. The highest BCUT2D eigenvalue weighted by molar-refractivity contribution is 9.10. The van der Waals surface area contributed by atoms with Gasteiger partial charge in [0.05, 0.1) is 11.6 Å². The van der Waals surface area contributed by atoms with Gasteiger partial charge in [-0.05, 0) is 47.0 Å². The van der Waals surface area contributed by atoms with Crippen LogP contribution in [0.15, 0.2) is 22.7 Å². The van der Waals surface area contributed by atoms with Crippen molar-refractivity contribution in [2.24, 2.45) is 5.92 Å². The number of benzene rings is 1. The van der Waals surface area contributed by atoms with E-state index in [2.05, 4.69) is 42.0 Å². The first-order chi connectivity index (χ1) is 8.54. The van der Waals surface area contributed by atoms with Crippen molar-refractivity contribution >= 4 is 15.9 Å². The third-order valence-corrected chi connectivity index (χ3v) is 3.58. The molecule has 1 rings (SSSR count). The van der Waals surface area contributed by atoms with Crippen LogP contribution in [0.3, 0.4) is 0 Å². The summed E-state index contributed by atoms with van der Waals surface area (Å²) in [4.78, 5) is 0. The van der Waals surface area contributed by atoms with E-state index in [0.717, 1.165) is 22.5 Å². The van der Waals surface area contributed by atoms with E-state index in [1.54, 1.807) is 7.11 Å². The van der Waals surface area contributed by atoms with E-state index < -0.39 is 0 Å². The SMILES string of the molecule is COc1ccc(OCCNC(C)C(C)C)c(Br)c1. The summed E-state index contributed by atoms with van der Waals surface area (Å²) in [6, 6.07) is 6.21. The lowest BCUT2D eigenvalue weighted by atomic mass is 10.1. The molecule has 1 atom stereocenters. The van der Waals surface area contributed by atoms with E-state index in [0.29, 0.717) is 18.6 Å². The van der Waals surface area contributed by atoms with E-state index in [-0.39, 0.29) is 0 Å². The van der Waals surface area contributed by atoms with E-state index in [9.17, 15) is 0 Å². The molecule has 0 aliphatic heterocycles. The van der Waals surface area contributed by atoms with Crippen molar-refractivity contribution in [1.29, 1.82) is 0 Å². The van der Waals surface area contributed by atoms with Crippen LogP contribution in [0.2, 0.25) is 0 Å². The molecule has 0 aromatic heterocycles. The van der Waals surface area contributed by atoms with Gasteiger partial charge in [0.1, 0.15) is 18.1 Å². The van der Waals surface area contributed by atoms with Crippen LogP contribution in [0.4, 0.5) is 0 Å². The second-order valence-electron chi connectivity index (χ2n) is 4.63. The molecule has 4 heteroatoms. The number of hydrogen-bond donors (Lipinski definition) is 1. The zero-order chi connectivity index (χ0) is 13.5. The number of ether oxygens (including phenoxy) is 2. The van der Waals surface area contributed by atoms with Crippen molar-refractivity contribution in [1.82, 2.24) is 5.32 Å². The first-order valence-electron chi connectivity index (χ1n) is 6.24. The Bertz CT molecular complexity index is 369. The second kappa shape index (κ2) is 7.64. The van der Waals surface area contributed by atoms with Crippen molar-refractivity contribution in [2.45, 2.75) is 26.8 Å². The maximum Gasteiger partial charge on any atom is 0.133 e. The Balaban J connectivity index is 2.35. The maximum atomic E-state index is 5.70. The summed E-state index contributed by atoms with van der Waals surface area (Å²) in [6.07, 6.45) is 0. The van der Waals surface area contributed by atoms with Gasteiger partial charge >= 0.3 is 0 Å². The Morgan fingerprint density at radius 1 is 1.28 bits per heavy atom. The summed E-state index contributed by atoms with van der Waals surface area (Å²) in [7, 11) is 1.65. The van der Waals surface area contributed by atoms with Gasteiger partial charge in [-0.2, -0.15) is 0 Å². The van der Waals surface area contributed by atoms with E-state index in [4.69, 9.17) is 9.47 Å². The molecule has 0 aliphatic rings. The van der Waals surface area contributed by atoms with Crippen LogP contribution in [-0.4, -0.2) is 26.3 Å². The van der Waals surface area contributed by atoms with Crippen LogP contribution >= 0.6 is 15.9 Å². The van der Waals surface area contributed by atoms with Gasteiger partial charge in [-0.25, -0.2) is 0 Å². The van der Waals surface area contributed by atoms with Gasteiger partial charge in [-0.15, -0.1) is 0 Å². The van der Waals surface area contributed by atoms with Crippen LogP contribution in [0.1, 0.15) is 20.8 Å². The zero-order valence-corrected chi connectivity index (χ0v) is 13.1. The van der Waals surface area contributed by atoms with Gasteiger partial charge < -0.3 is 14.8 Å². The fourth-order valence-electron chi connectivity index (χ4n) is 1.41. The molecule has 1 N–H and O–H groups in total. The number of rotatable bonds is 7. The van der Waals surface area contributed by atoms with Crippen LogP contribution < -0.4 is 14.8 Å². The predicted octanol–water partition coefficient (Wildman–Crippen LogP) is 3.47. The molecule has 102 valence electrons. The highest BCUT2D eigenvalue weighted by Crippen LogP contribution is 2.28. The third-order valence-electron chi connectivity index (χ3n) is 2.96. The van der Waals surface area contributed by atoms with Gasteiger partial charge in [0.15, 0.2) is 0 Å². The molecule has 1 aromatic carbocycles. The number of hydrogen-bond acceptors (Lipinski definition) is 3. The fraction of sp³-hybridized carbons (Fsp3) is 0.571. The highest BCUT2D eigenvalue weighted by atomic mass is 79.9. The minimum Gasteiger partial charge on any atom is -0.497 e. The quantitative estimate of drug-likeness (QED) is 0.781. The molecule has 0 radical (unpaired) electrons. The number of methoxy groups -OCH3 is 1. The molecule has 0 bridgehead atoms. The van der Waals surface area contributed by atoms with Crippen LogP contribution in [-0.2, 0) is 0 Å². The first-order valence-corrected chi connectivity index (χ1v) is 7.03. The first kappa shape index (κ1) is 15.3. The summed E-state index contributed by atoms with van der Waals surface area (Å²) in [5.41, 5.74) is 0. The predicted molar refractivity (Wildman–Crippen MR) is 78.5 cm³/mol. The second-order valence-corrected chi connectivity index (χ2v) is 5.49. The fourth-order valence-corrected chi connectivity index (χ4v) is 1.88. The van der Waals surface area contributed by atoms with Crippen molar-refractivity contribution < 1.29 is 9.47 Å². The summed E-state index contributed by atoms with van der Waals surface area (Å²) < 4.78 is 11.8. The van der Waals surface area contributed by atoms with E-state index >= 15 is 0 Å². The molecule has 0 amide bonds. The topological polar surface area (TPSA) is 30.5 Å². The smallest absolute Gasteiger partial charge is 0.133 e. The zero-order valence-electron chi connectivity index (χ0n) is 11.5. The summed E-state index contributed by atoms with van der Waals surface area (Å²) in [5.74, 6) is 2.30. The molecule has 3 nitrogen and oxygen atoms in total. The lowest BCUT2D eigenvalue weighted by molar-refractivity contribution is 0.295. The van der Waals surface area contributed by atoms with E-state index in [1.165, 1.54) is 0 Å². The van der Waals surface area contributed by atoms with Crippen LogP contribution in [0, 0.1) is 5.92 Å². The molecule has 1 unspecified atom stereocenters. The number of nitrogens with one attached hydrogen (secondary N) is 1. The molecule has 0 heterocycles. The van der Waals surface area contributed by atoms with Crippen LogP contribution in [0.25, 0.3) is 0 Å². The van der Waals surface area contributed by atoms with Gasteiger partial charge in [0, 0.05) is 12.6 Å². The molecular weight excluding hydrogens is 294 g/mol. The van der Waals surface area contributed by atoms with Crippen molar-refractivity contribution in [3.05, 3.63) is 22.7 Å². The van der Waals surface area contributed by atoms with Gasteiger partial charge in [-0.1, -0.05) is 13.8 Å². The number of halogens is 1.